The quantitative estimate of drug-likeness (QED) is 0.749. The summed E-state index contributed by atoms with van der Waals surface area (Å²) < 4.78 is 14.3. The lowest BCUT2D eigenvalue weighted by Gasteiger charge is -2.38. The molecule has 1 aliphatic heterocycles. The minimum Gasteiger partial charge on any atom is -0.377 e. The van der Waals surface area contributed by atoms with Gasteiger partial charge in [0.2, 0.25) is 0 Å². The summed E-state index contributed by atoms with van der Waals surface area (Å²) in [5, 5.41) is 3.67. The van der Waals surface area contributed by atoms with Crippen LogP contribution < -0.4 is 5.32 Å². The highest BCUT2D eigenvalue weighted by Gasteiger charge is 2.39. The predicted octanol–water partition coefficient (Wildman–Crippen LogP) is 5.21. The largest absolute Gasteiger partial charge is 0.377 e. The van der Waals surface area contributed by atoms with Gasteiger partial charge in [0, 0.05) is 17.2 Å². The van der Waals surface area contributed by atoms with E-state index in [0.29, 0.717) is 11.8 Å². The van der Waals surface area contributed by atoms with Crippen molar-refractivity contribution in [2.45, 2.75) is 31.7 Å². The highest BCUT2D eigenvalue weighted by Crippen LogP contribution is 2.50. The highest BCUT2D eigenvalue weighted by atomic mass is 19.1. The molecule has 0 spiro atoms. The molecule has 0 saturated heterocycles. The molecule has 1 heterocycles. The number of fused-ring (bicyclic) bond motifs is 3. The van der Waals surface area contributed by atoms with E-state index in [1.807, 2.05) is 12.1 Å². The fourth-order valence-corrected chi connectivity index (χ4v) is 4.02. The van der Waals surface area contributed by atoms with E-state index >= 15 is 0 Å². The first-order valence-electron chi connectivity index (χ1n) is 8.09. The third-order valence-electron chi connectivity index (χ3n) is 5.10. The molecular formula is C20H20FN. The average Bonchev–Trinajstić information content (AvgIpc) is 3.04. The molecule has 2 heteroatoms. The number of hydrogen-bond donors (Lipinski definition) is 1. The van der Waals surface area contributed by atoms with Crippen LogP contribution in [0.15, 0.2) is 54.6 Å². The third-order valence-corrected chi connectivity index (χ3v) is 5.10. The van der Waals surface area contributed by atoms with Gasteiger partial charge in [-0.2, -0.15) is 0 Å². The zero-order valence-corrected chi connectivity index (χ0v) is 12.7. The molecule has 0 saturated carbocycles. The maximum Gasteiger partial charge on any atom is 0.128 e. The topological polar surface area (TPSA) is 12.0 Å². The van der Waals surface area contributed by atoms with Crippen LogP contribution in [0.1, 0.15) is 42.0 Å². The van der Waals surface area contributed by atoms with Gasteiger partial charge in [-0.25, -0.2) is 4.39 Å². The summed E-state index contributed by atoms with van der Waals surface area (Å²) >= 11 is 0. The number of halogens is 1. The molecule has 0 radical (unpaired) electrons. The van der Waals surface area contributed by atoms with Gasteiger partial charge in [-0.3, -0.25) is 0 Å². The Balaban J connectivity index is 1.85. The van der Waals surface area contributed by atoms with Crippen LogP contribution in [0.25, 0.3) is 0 Å². The molecular weight excluding hydrogens is 273 g/mol. The summed E-state index contributed by atoms with van der Waals surface area (Å²) in [5.74, 6) is 0.687. The number of rotatable bonds is 2. The van der Waals surface area contributed by atoms with Crippen molar-refractivity contribution < 1.29 is 4.39 Å². The normalized spacial score (nSPS) is 25.5. The van der Waals surface area contributed by atoms with Crippen LogP contribution in [0.5, 0.6) is 0 Å². The second kappa shape index (κ2) is 5.28. The minimum absolute atomic E-state index is 0.0430. The van der Waals surface area contributed by atoms with Crippen LogP contribution in [-0.2, 0) is 6.42 Å². The molecule has 2 aromatic rings. The van der Waals surface area contributed by atoms with Crippen LogP contribution in [0.2, 0.25) is 0 Å². The number of anilines is 1. The lowest BCUT2D eigenvalue weighted by molar-refractivity contribution is 0.412. The maximum absolute atomic E-state index is 14.3. The lowest BCUT2D eigenvalue weighted by Crippen LogP contribution is -2.30. The van der Waals surface area contributed by atoms with E-state index in [9.17, 15) is 4.39 Å². The van der Waals surface area contributed by atoms with Crippen molar-refractivity contribution in [1.29, 1.82) is 0 Å². The van der Waals surface area contributed by atoms with Gasteiger partial charge in [0.05, 0.1) is 6.04 Å². The Bertz CT molecular complexity index is 734. The predicted molar refractivity (Wildman–Crippen MR) is 88.6 cm³/mol. The van der Waals surface area contributed by atoms with Crippen molar-refractivity contribution in [2.75, 3.05) is 5.32 Å². The molecule has 4 rings (SSSR count). The van der Waals surface area contributed by atoms with Gasteiger partial charge in [0.1, 0.15) is 5.82 Å². The number of para-hydroxylation sites is 1. The number of hydrogen-bond acceptors (Lipinski definition) is 1. The van der Waals surface area contributed by atoms with Gasteiger partial charge in [0.15, 0.2) is 0 Å². The standard InChI is InChI=1S/C20H20FN/c1-2-13-7-5-10-15-14-9-6-11-16(14)20(22-19(13)15)17-8-3-4-12-18(17)21/h3-10,12,14,16,20,22H,2,11H2,1H3/t14-,16-,20-/m0/s1. The number of allylic oxidation sites excluding steroid dienone is 2. The summed E-state index contributed by atoms with van der Waals surface area (Å²) in [6.45, 7) is 2.17. The Morgan fingerprint density at radius 3 is 2.73 bits per heavy atom. The monoisotopic (exact) mass is 293 g/mol. The molecule has 1 N–H and O–H groups in total. The fourth-order valence-electron chi connectivity index (χ4n) is 4.02. The molecule has 1 nitrogen and oxygen atoms in total. The number of benzene rings is 2. The summed E-state index contributed by atoms with van der Waals surface area (Å²) in [5.41, 5.74) is 4.69. The van der Waals surface area contributed by atoms with Crippen LogP contribution in [-0.4, -0.2) is 0 Å². The van der Waals surface area contributed by atoms with Crippen molar-refractivity contribution in [1.82, 2.24) is 0 Å². The summed E-state index contributed by atoms with van der Waals surface area (Å²) in [6, 6.07) is 13.7. The lowest BCUT2D eigenvalue weighted by atomic mass is 9.76. The summed E-state index contributed by atoms with van der Waals surface area (Å²) in [6.07, 6.45) is 6.55. The molecule has 2 aliphatic rings. The van der Waals surface area contributed by atoms with Crippen molar-refractivity contribution in [3.8, 4) is 0 Å². The molecule has 1 aliphatic carbocycles. The first-order chi connectivity index (χ1) is 10.8. The van der Waals surface area contributed by atoms with Crippen LogP contribution >= 0.6 is 0 Å². The van der Waals surface area contributed by atoms with E-state index in [1.54, 1.807) is 12.1 Å². The summed E-state index contributed by atoms with van der Waals surface area (Å²) in [7, 11) is 0. The van der Waals surface area contributed by atoms with E-state index in [-0.39, 0.29) is 11.9 Å². The van der Waals surface area contributed by atoms with Crippen LogP contribution in [0, 0.1) is 11.7 Å². The Kier molecular flexibility index (Phi) is 3.25. The highest BCUT2D eigenvalue weighted by molar-refractivity contribution is 5.64. The molecule has 22 heavy (non-hydrogen) atoms. The molecule has 0 fully saturated rings. The van der Waals surface area contributed by atoms with E-state index in [0.717, 1.165) is 18.4 Å². The van der Waals surface area contributed by atoms with Crippen LogP contribution in [0.4, 0.5) is 10.1 Å². The first kappa shape index (κ1) is 13.6. The SMILES string of the molecule is CCc1cccc2c1N[C@H](c1ccccc1F)[C@H]1CC=C[C@@H]21. The van der Waals surface area contributed by atoms with Gasteiger partial charge in [-0.05, 0) is 36.0 Å². The molecule has 0 amide bonds. The molecule has 112 valence electrons. The van der Waals surface area contributed by atoms with Crippen molar-refractivity contribution in [3.63, 3.8) is 0 Å². The number of aryl methyl sites for hydroxylation is 1. The second-order valence-electron chi connectivity index (χ2n) is 6.23. The summed E-state index contributed by atoms with van der Waals surface area (Å²) in [4.78, 5) is 0. The molecule has 0 unspecified atom stereocenters. The molecule has 3 atom stereocenters. The van der Waals surface area contributed by atoms with E-state index in [2.05, 4.69) is 42.6 Å². The second-order valence-corrected chi connectivity index (χ2v) is 6.23. The Hall–Kier alpha value is -2.09. The Labute approximate surface area is 130 Å². The van der Waals surface area contributed by atoms with Gasteiger partial charge < -0.3 is 5.32 Å². The molecule has 0 bridgehead atoms. The van der Waals surface area contributed by atoms with Gasteiger partial charge in [-0.1, -0.05) is 55.5 Å². The number of nitrogens with one attached hydrogen (secondary N) is 1. The van der Waals surface area contributed by atoms with Crippen LogP contribution in [0.3, 0.4) is 0 Å². The van der Waals surface area contributed by atoms with Crippen molar-refractivity contribution >= 4 is 5.69 Å². The van der Waals surface area contributed by atoms with Crippen molar-refractivity contribution in [3.05, 3.63) is 77.1 Å². The van der Waals surface area contributed by atoms with Crippen molar-refractivity contribution in [2.24, 2.45) is 5.92 Å². The van der Waals surface area contributed by atoms with E-state index in [4.69, 9.17) is 0 Å². The third kappa shape index (κ3) is 1.98. The minimum atomic E-state index is -0.108. The molecule has 0 aromatic heterocycles. The Morgan fingerprint density at radius 1 is 1.09 bits per heavy atom. The fraction of sp³-hybridized carbons (Fsp3) is 0.300. The first-order valence-corrected chi connectivity index (χ1v) is 8.09. The Morgan fingerprint density at radius 2 is 1.91 bits per heavy atom. The average molecular weight is 293 g/mol. The zero-order chi connectivity index (χ0) is 15.1. The van der Waals surface area contributed by atoms with Gasteiger partial charge in [-0.15, -0.1) is 0 Å². The van der Waals surface area contributed by atoms with Gasteiger partial charge >= 0.3 is 0 Å². The van der Waals surface area contributed by atoms with Gasteiger partial charge in [0.25, 0.3) is 0 Å². The molecule has 2 aromatic carbocycles. The smallest absolute Gasteiger partial charge is 0.128 e. The van der Waals surface area contributed by atoms with E-state index < -0.39 is 0 Å². The zero-order valence-electron chi connectivity index (χ0n) is 12.7. The van der Waals surface area contributed by atoms with E-state index in [1.165, 1.54) is 16.8 Å². The maximum atomic E-state index is 14.3.